The molecule has 0 saturated heterocycles. The van der Waals surface area contributed by atoms with Crippen LogP contribution in [0.25, 0.3) is 0 Å². The Morgan fingerprint density at radius 1 is 1.41 bits per heavy atom. The van der Waals surface area contributed by atoms with Gasteiger partial charge in [0.1, 0.15) is 0 Å². The van der Waals surface area contributed by atoms with Gasteiger partial charge in [0.05, 0.1) is 5.60 Å². The van der Waals surface area contributed by atoms with Crippen LogP contribution in [0.15, 0.2) is 18.2 Å². The third-order valence-corrected chi connectivity index (χ3v) is 3.48. The van der Waals surface area contributed by atoms with E-state index in [9.17, 15) is 5.11 Å². The number of benzene rings is 1. The highest BCUT2D eigenvalue weighted by atomic mass is 16.3. The first kappa shape index (κ1) is 12.4. The number of hydrogen-bond donors (Lipinski definition) is 1. The van der Waals surface area contributed by atoms with Gasteiger partial charge in [0.2, 0.25) is 0 Å². The Morgan fingerprint density at radius 3 is 2.71 bits per heavy atom. The van der Waals surface area contributed by atoms with Crippen molar-refractivity contribution < 1.29 is 5.11 Å². The summed E-state index contributed by atoms with van der Waals surface area (Å²) >= 11 is 0. The number of likely N-dealkylation sites (N-methyl/N-ethyl adjacent to an activating group) is 1. The molecule has 0 spiro atoms. The Balaban J connectivity index is 2.30. The summed E-state index contributed by atoms with van der Waals surface area (Å²) in [7, 11) is 0. The van der Waals surface area contributed by atoms with Crippen molar-refractivity contribution >= 4 is 5.69 Å². The van der Waals surface area contributed by atoms with Gasteiger partial charge in [-0.2, -0.15) is 0 Å². The van der Waals surface area contributed by atoms with E-state index in [0.717, 1.165) is 13.1 Å². The minimum atomic E-state index is -0.629. The van der Waals surface area contributed by atoms with Crippen molar-refractivity contribution in [2.24, 2.45) is 0 Å². The molecule has 1 atom stereocenters. The fourth-order valence-electron chi connectivity index (χ4n) is 2.72. The van der Waals surface area contributed by atoms with E-state index in [2.05, 4.69) is 36.9 Å². The Hall–Kier alpha value is -1.02. The van der Waals surface area contributed by atoms with E-state index >= 15 is 0 Å². The zero-order valence-electron chi connectivity index (χ0n) is 11.3. The molecule has 1 unspecified atom stereocenters. The highest BCUT2D eigenvalue weighted by Crippen LogP contribution is 2.36. The first-order valence-electron chi connectivity index (χ1n) is 6.51. The first-order valence-corrected chi connectivity index (χ1v) is 6.51. The maximum absolute atomic E-state index is 9.88. The summed E-state index contributed by atoms with van der Waals surface area (Å²) in [6.45, 7) is 10.4. The molecule has 94 valence electrons. The summed E-state index contributed by atoms with van der Waals surface area (Å²) in [6, 6.07) is 6.64. The van der Waals surface area contributed by atoms with Gasteiger partial charge in [0, 0.05) is 31.1 Å². The molecule has 0 radical (unpaired) electrons. The summed E-state index contributed by atoms with van der Waals surface area (Å²) < 4.78 is 0. The zero-order chi connectivity index (χ0) is 12.6. The second-order valence-electron chi connectivity index (χ2n) is 5.82. The van der Waals surface area contributed by atoms with Gasteiger partial charge in [-0.25, -0.2) is 0 Å². The Kier molecular flexibility index (Phi) is 3.17. The molecule has 1 aromatic carbocycles. The smallest absolute Gasteiger partial charge is 0.0631 e. The predicted molar refractivity (Wildman–Crippen MR) is 72.7 cm³/mol. The van der Waals surface area contributed by atoms with Crippen molar-refractivity contribution in [3.8, 4) is 0 Å². The lowest BCUT2D eigenvalue weighted by Crippen LogP contribution is -2.22. The maximum atomic E-state index is 9.88. The number of aliphatic hydroxyl groups is 1. The molecule has 2 heteroatoms. The van der Waals surface area contributed by atoms with Crippen LogP contribution in [0.3, 0.4) is 0 Å². The molecular weight excluding hydrogens is 210 g/mol. The highest BCUT2D eigenvalue weighted by Gasteiger charge is 2.25. The van der Waals surface area contributed by atoms with Crippen LogP contribution in [0.2, 0.25) is 0 Å². The van der Waals surface area contributed by atoms with Gasteiger partial charge in [-0.15, -0.1) is 0 Å². The molecule has 1 N–H and O–H groups in total. The number of nitrogens with zero attached hydrogens (tertiary/aromatic N) is 1. The van der Waals surface area contributed by atoms with Gasteiger partial charge < -0.3 is 10.0 Å². The van der Waals surface area contributed by atoms with Crippen molar-refractivity contribution in [2.75, 3.05) is 18.0 Å². The molecule has 1 aliphatic heterocycles. The summed E-state index contributed by atoms with van der Waals surface area (Å²) in [6.07, 6.45) is 0.714. The molecule has 2 nitrogen and oxygen atoms in total. The number of rotatable bonds is 3. The van der Waals surface area contributed by atoms with Crippen LogP contribution in [-0.4, -0.2) is 23.8 Å². The van der Waals surface area contributed by atoms with Gasteiger partial charge in [-0.3, -0.25) is 0 Å². The van der Waals surface area contributed by atoms with Gasteiger partial charge in [0.25, 0.3) is 0 Å². The molecule has 1 heterocycles. The average Bonchev–Trinajstić information content (AvgIpc) is 2.53. The van der Waals surface area contributed by atoms with Crippen molar-refractivity contribution in [1.29, 1.82) is 0 Å². The molecule has 0 amide bonds. The van der Waals surface area contributed by atoms with Gasteiger partial charge in [-0.1, -0.05) is 19.1 Å². The lowest BCUT2D eigenvalue weighted by atomic mass is 9.95. The average molecular weight is 233 g/mol. The topological polar surface area (TPSA) is 23.5 Å². The number of fused-ring (bicyclic) bond motifs is 1. The normalized spacial score (nSPS) is 19.6. The van der Waals surface area contributed by atoms with Crippen LogP contribution in [-0.2, 0) is 6.42 Å². The van der Waals surface area contributed by atoms with Gasteiger partial charge >= 0.3 is 0 Å². The molecule has 2 rings (SSSR count). The minimum absolute atomic E-state index is 0.626. The fraction of sp³-hybridized carbons (Fsp3) is 0.600. The third-order valence-electron chi connectivity index (χ3n) is 3.48. The molecule has 0 fully saturated rings. The van der Waals surface area contributed by atoms with Crippen LogP contribution < -0.4 is 4.90 Å². The maximum Gasteiger partial charge on any atom is 0.0631 e. The van der Waals surface area contributed by atoms with E-state index in [1.165, 1.54) is 16.8 Å². The Bertz CT molecular complexity index is 406. The largest absolute Gasteiger partial charge is 0.390 e. The molecule has 0 aliphatic carbocycles. The van der Waals surface area contributed by atoms with E-state index in [4.69, 9.17) is 0 Å². The third kappa shape index (κ3) is 2.63. The summed E-state index contributed by atoms with van der Waals surface area (Å²) in [5.74, 6) is 0.626. The summed E-state index contributed by atoms with van der Waals surface area (Å²) in [5, 5.41) is 9.88. The monoisotopic (exact) mass is 233 g/mol. The highest BCUT2D eigenvalue weighted by molar-refractivity contribution is 5.61. The predicted octanol–water partition coefficient (Wildman–Crippen LogP) is 2.94. The van der Waals surface area contributed by atoms with E-state index < -0.39 is 5.60 Å². The molecule has 1 aliphatic rings. The standard InChI is InChI=1S/C15H23NO/c1-5-16-10-11(2)13-7-6-12(8-14(13)16)9-15(3,4)17/h6-8,11,17H,5,9-10H2,1-4H3. The molecule has 0 aromatic heterocycles. The van der Waals surface area contributed by atoms with Crippen molar-refractivity contribution in [1.82, 2.24) is 0 Å². The summed E-state index contributed by atoms with van der Waals surface area (Å²) in [4.78, 5) is 2.42. The van der Waals surface area contributed by atoms with Gasteiger partial charge in [-0.05, 0) is 38.0 Å². The van der Waals surface area contributed by atoms with Crippen LogP contribution in [0.1, 0.15) is 44.7 Å². The lowest BCUT2D eigenvalue weighted by molar-refractivity contribution is 0.0810. The van der Waals surface area contributed by atoms with Gasteiger partial charge in [0.15, 0.2) is 0 Å². The second-order valence-corrected chi connectivity index (χ2v) is 5.82. The van der Waals surface area contributed by atoms with Crippen molar-refractivity contribution in [3.63, 3.8) is 0 Å². The molecule has 17 heavy (non-hydrogen) atoms. The second kappa shape index (κ2) is 4.34. The lowest BCUT2D eigenvalue weighted by Gasteiger charge is -2.20. The van der Waals surface area contributed by atoms with E-state index in [0.29, 0.717) is 12.3 Å². The van der Waals surface area contributed by atoms with Crippen LogP contribution in [0, 0.1) is 0 Å². The van der Waals surface area contributed by atoms with Crippen LogP contribution in [0.5, 0.6) is 0 Å². The van der Waals surface area contributed by atoms with Crippen LogP contribution >= 0.6 is 0 Å². The molecule has 1 aromatic rings. The number of anilines is 1. The van der Waals surface area contributed by atoms with Crippen LogP contribution in [0.4, 0.5) is 5.69 Å². The zero-order valence-corrected chi connectivity index (χ0v) is 11.3. The molecular formula is C15H23NO. The summed E-state index contributed by atoms with van der Waals surface area (Å²) in [5.41, 5.74) is 3.41. The van der Waals surface area contributed by atoms with E-state index in [1.807, 2.05) is 13.8 Å². The van der Waals surface area contributed by atoms with Crippen molar-refractivity contribution in [2.45, 2.75) is 45.6 Å². The first-order chi connectivity index (χ1) is 7.90. The quantitative estimate of drug-likeness (QED) is 0.867. The van der Waals surface area contributed by atoms with E-state index in [1.54, 1.807) is 0 Å². The molecule has 0 bridgehead atoms. The minimum Gasteiger partial charge on any atom is -0.390 e. The Labute approximate surface area is 104 Å². The Morgan fingerprint density at radius 2 is 2.12 bits per heavy atom. The molecule has 0 saturated carbocycles. The number of hydrogen-bond acceptors (Lipinski definition) is 2. The van der Waals surface area contributed by atoms with E-state index in [-0.39, 0.29) is 0 Å². The fourth-order valence-corrected chi connectivity index (χ4v) is 2.72. The van der Waals surface area contributed by atoms with Crippen molar-refractivity contribution in [3.05, 3.63) is 29.3 Å². The SMILES string of the molecule is CCN1CC(C)c2ccc(CC(C)(C)O)cc21.